The molecule has 2 amide bonds. The fourth-order valence-electron chi connectivity index (χ4n) is 2.12. The summed E-state index contributed by atoms with van der Waals surface area (Å²) in [5.41, 5.74) is 2.46. The number of aliphatic hydroxyl groups excluding tert-OH is 1. The Kier molecular flexibility index (Phi) is 7.22. The third-order valence-electron chi connectivity index (χ3n) is 3.38. The van der Waals surface area contributed by atoms with E-state index in [2.05, 4.69) is 22.5 Å². The number of urea groups is 1. The number of nitrogens with one attached hydrogen (secondary N) is 2. The van der Waals surface area contributed by atoms with E-state index in [1.165, 1.54) is 7.11 Å². The Morgan fingerprint density at radius 3 is 2.46 bits per heavy atom. The second-order valence-electron chi connectivity index (χ2n) is 5.36. The topological polar surface area (TPSA) is 87.7 Å². The standard InChI is InChI=1S/C20H20N2O4/c1-26-19(24)17-7-2-5-15(13-17)9-10-16-6-3-8-18(14-16)22-20(25)21-11-4-12-23/h2-3,5-8,13-14,23H,4,11-12H2,1H3,(H2,21,22,25). The number of hydrogen-bond acceptors (Lipinski definition) is 4. The van der Waals surface area contributed by atoms with Crippen LogP contribution in [0, 0.1) is 11.8 Å². The van der Waals surface area contributed by atoms with Gasteiger partial charge in [0.25, 0.3) is 0 Å². The Bertz CT molecular complexity index is 837. The monoisotopic (exact) mass is 352 g/mol. The van der Waals surface area contributed by atoms with Crippen molar-refractivity contribution in [2.24, 2.45) is 0 Å². The van der Waals surface area contributed by atoms with Crippen molar-refractivity contribution in [2.45, 2.75) is 6.42 Å². The largest absolute Gasteiger partial charge is 0.465 e. The van der Waals surface area contributed by atoms with Gasteiger partial charge in [0.1, 0.15) is 0 Å². The zero-order valence-corrected chi connectivity index (χ0v) is 14.4. The molecule has 0 atom stereocenters. The molecule has 0 aromatic heterocycles. The van der Waals surface area contributed by atoms with E-state index in [9.17, 15) is 9.59 Å². The highest BCUT2D eigenvalue weighted by Gasteiger charge is 2.04. The van der Waals surface area contributed by atoms with Crippen molar-refractivity contribution in [3.8, 4) is 11.8 Å². The zero-order valence-electron chi connectivity index (χ0n) is 14.4. The lowest BCUT2D eigenvalue weighted by Gasteiger charge is -2.07. The van der Waals surface area contributed by atoms with Crippen molar-refractivity contribution < 1.29 is 19.4 Å². The average Bonchev–Trinajstić information content (AvgIpc) is 2.66. The van der Waals surface area contributed by atoms with Gasteiger partial charge in [-0.3, -0.25) is 0 Å². The smallest absolute Gasteiger partial charge is 0.337 e. The molecule has 0 aliphatic carbocycles. The zero-order chi connectivity index (χ0) is 18.8. The number of amides is 2. The fraction of sp³-hybridized carbons (Fsp3) is 0.200. The summed E-state index contributed by atoms with van der Waals surface area (Å²) in [5.74, 6) is 5.58. The van der Waals surface area contributed by atoms with Gasteiger partial charge in [-0.15, -0.1) is 0 Å². The molecule has 0 aliphatic rings. The van der Waals surface area contributed by atoms with Gasteiger partial charge >= 0.3 is 12.0 Å². The van der Waals surface area contributed by atoms with Crippen molar-refractivity contribution in [3.63, 3.8) is 0 Å². The molecule has 0 saturated heterocycles. The molecule has 26 heavy (non-hydrogen) atoms. The average molecular weight is 352 g/mol. The van der Waals surface area contributed by atoms with Gasteiger partial charge in [0, 0.05) is 30.0 Å². The van der Waals surface area contributed by atoms with Gasteiger partial charge in [-0.05, 0) is 42.8 Å². The number of anilines is 1. The number of aliphatic hydroxyl groups is 1. The molecule has 3 N–H and O–H groups in total. The normalized spacial score (nSPS) is 9.62. The summed E-state index contributed by atoms with van der Waals surface area (Å²) in [6.45, 7) is 0.431. The molecule has 134 valence electrons. The first-order chi connectivity index (χ1) is 12.6. The van der Waals surface area contributed by atoms with Gasteiger partial charge < -0.3 is 20.5 Å². The van der Waals surface area contributed by atoms with Crippen molar-refractivity contribution >= 4 is 17.7 Å². The van der Waals surface area contributed by atoms with Gasteiger partial charge in [-0.1, -0.05) is 24.0 Å². The van der Waals surface area contributed by atoms with Crippen molar-refractivity contribution in [1.29, 1.82) is 0 Å². The first-order valence-electron chi connectivity index (χ1n) is 8.08. The highest BCUT2D eigenvalue weighted by Crippen LogP contribution is 2.10. The maximum Gasteiger partial charge on any atom is 0.337 e. The first kappa shape index (κ1) is 19.0. The predicted molar refractivity (Wildman–Crippen MR) is 98.9 cm³/mol. The number of esters is 1. The van der Waals surface area contributed by atoms with E-state index >= 15 is 0 Å². The fourth-order valence-corrected chi connectivity index (χ4v) is 2.12. The minimum atomic E-state index is -0.410. The lowest BCUT2D eigenvalue weighted by atomic mass is 10.1. The Morgan fingerprint density at radius 1 is 1.08 bits per heavy atom. The molecule has 0 unspecified atom stereocenters. The van der Waals surface area contributed by atoms with Crippen molar-refractivity contribution in [3.05, 3.63) is 65.2 Å². The molecule has 0 radical (unpaired) electrons. The van der Waals surface area contributed by atoms with Crippen LogP contribution in [0.5, 0.6) is 0 Å². The Labute approximate surface area is 152 Å². The summed E-state index contributed by atoms with van der Waals surface area (Å²) >= 11 is 0. The third-order valence-corrected chi connectivity index (χ3v) is 3.38. The summed E-state index contributed by atoms with van der Waals surface area (Å²) in [6, 6.07) is 13.7. The summed E-state index contributed by atoms with van der Waals surface area (Å²) in [6.07, 6.45) is 0.504. The van der Waals surface area contributed by atoms with E-state index in [1.54, 1.807) is 42.5 Å². The molecule has 0 spiro atoms. The highest BCUT2D eigenvalue weighted by atomic mass is 16.5. The molecule has 0 fully saturated rings. The molecule has 0 heterocycles. The van der Waals surface area contributed by atoms with Gasteiger partial charge in [0.15, 0.2) is 0 Å². The quantitative estimate of drug-likeness (QED) is 0.438. The summed E-state index contributed by atoms with van der Waals surface area (Å²) in [7, 11) is 1.33. The van der Waals surface area contributed by atoms with E-state index in [0.717, 1.165) is 5.56 Å². The van der Waals surface area contributed by atoms with E-state index < -0.39 is 5.97 Å². The minimum absolute atomic E-state index is 0.0303. The van der Waals surface area contributed by atoms with Crippen LogP contribution < -0.4 is 10.6 Å². The van der Waals surface area contributed by atoms with Gasteiger partial charge in [0.2, 0.25) is 0 Å². The van der Waals surface area contributed by atoms with Gasteiger partial charge in [0.05, 0.1) is 12.7 Å². The number of ether oxygens (including phenoxy) is 1. The minimum Gasteiger partial charge on any atom is -0.465 e. The number of benzene rings is 2. The first-order valence-corrected chi connectivity index (χ1v) is 8.08. The molecule has 2 rings (SSSR count). The van der Waals surface area contributed by atoms with Crippen LogP contribution in [0.15, 0.2) is 48.5 Å². The van der Waals surface area contributed by atoms with Gasteiger partial charge in [-0.25, -0.2) is 9.59 Å². The Balaban J connectivity index is 2.06. The van der Waals surface area contributed by atoms with Crippen LogP contribution in [-0.4, -0.2) is 37.4 Å². The van der Waals surface area contributed by atoms with Crippen LogP contribution >= 0.6 is 0 Å². The molecule has 2 aromatic rings. The number of hydrogen-bond donors (Lipinski definition) is 3. The molecular weight excluding hydrogens is 332 g/mol. The van der Waals surface area contributed by atoms with E-state index in [0.29, 0.717) is 29.8 Å². The van der Waals surface area contributed by atoms with Crippen LogP contribution in [-0.2, 0) is 4.74 Å². The van der Waals surface area contributed by atoms with E-state index in [4.69, 9.17) is 9.84 Å². The van der Waals surface area contributed by atoms with Crippen LogP contribution in [0.4, 0.5) is 10.5 Å². The second kappa shape index (κ2) is 9.87. The lowest BCUT2D eigenvalue weighted by Crippen LogP contribution is -2.29. The molecule has 6 heteroatoms. The Hall–Kier alpha value is -3.30. The van der Waals surface area contributed by atoms with Crippen LogP contribution in [0.25, 0.3) is 0 Å². The third kappa shape index (κ3) is 5.96. The summed E-state index contributed by atoms with van der Waals surface area (Å²) in [5, 5.41) is 14.1. The highest BCUT2D eigenvalue weighted by molar-refractivity contribution is 5.90. The maximum atomic E-state index is 11.7. The molecule has 6 nitrogen and oxygen atoms in total. The number of rotatable bonds is 5. The lowest BCUT2D eigenvalue weighted by molar-refractivity contribution is 0.0600. The Morgan fingerprint density at radius 2 is 1.77 bits per heavy atom. The SMILES string of the molecule is COC(=O)c1cccc(C#Cc2cccc(NC(=O)NCCCO)c2)c1. The van der Waals surface area contributed by atoms with E-state index in [1.807, 2.05) is 6.07 Å². The van der Waals surface area contributed by atoms with Gasteiger partial charge in [-0.2, -0.15) is 0 Å². The number of carbonyl (C=O) groups excluding carboxylic acids is 2. The summed E-state index contributed by atoms with van der Waals surface area (Å²) in [4.78, 5) is 23.3. The molecular formula is C20H20N2O4. The molecule has 0 bridgehead atoms. The maximum absolute atomic E-state index is 11.7. The van der Waals surface area contributed by atoms with Crippen molar-refractivity contribution in [1.82, 2.24) is 5.32 Å². The predicted octanol–water partition coefficient (Wildman–Crippen LogP) is 2.38. The molecule has 2 aromatic carbocycles. The van der Waals surface area contributed by atoms with Crippen LogP contribution in [0.2, 0.25) is 0 Å². The van der Waals surface area contributed by atoms with E-state index in [-0.39, 0.29) is 12.6 Å². The number of methoxy groups -OCH3 is 1. The molecule has 0 saturated carbocycles. The second-order valence-corrected chi connectivity index (χ2v) is 5.36. The van der Waals surface area contributed by atoms with Crippen LogP contribution in [0.1, 0.15) is 27.9 Å². The summed E-state index contributed by atoms with van der Waals surface area (Å²) < 4.78 is 4.69. The van der Waals surface area contributed by atoms with Crippen LogP contribution in [0.3, 0.4) is 0 Å². The number of carbonyl (C=O) groups is 2. The molecule has 0 aliphatic heterocycles. The van der Waals surface area contributed by atoms with Crippen molar-refractivity contribution in [2.75, 3.05) is 25.6 Å².